The number of aromatic amines is 1. The fraction of sp³-hybridized carbons (Fsp3) is 0.704. The number of aromatic nitrogens is 4. The standard InChI is InChI=1S/C27H36N6O4/c1-26(14-28-21(35)8-7-20-29-31-32-30-20)12-17-18-11-16-5-6-19(34)23-22(16)27(17,25(37-23)24(26)36-2)9-10-33(18)13-15-3-4-15/h5-6,15,17-18,24-25,34H,3-4,7-14H2,1-2H3,(H,28,35)(H,29,30,31,32)/t17?,18-,24?,25+,26+,27+/m1/s1. The van der Waals surface area contributed by atoms with Gasteiger partial charge in [-0.1, -0.05) is 18.2 Å². The van der Waals surface area contributed by atoms with Crippen LogP contribution in [0.25, 0.3) is 0 Å². The highest BCUT2D eigenvalue weighted by atomic mass is 16.5. The number of benzene rings is 1. The number of rotatable bonds is 8. The maximum atomic E-state index is 12.8. The molecule has 1 aromatic heterocycles. The molecule has 2 saturated carbocycles. The van der Waals surface area contributed by atoms with Crippen molar-refractivity contribution in [3.8, 4) is 11.5 Å². The van der Waals surface area contributed by atoms with Crippen molar-refractivity contribution in [1.82, 2.24) is 30.8 Å². The molecule has 2 bridgehead atoms. The van der Waals surface area contributed by atoms with Gasteiger partial charge in [0.1, 0.15) is 12.2 Å². The van der Waals surface area contributed by atoms with Gasteiger partial charge in [0.2, 0.25) is 5.91 Å². The average Bonchev–Trinajstić information content (AvgIpc) is 3.41. The Balaban J connectivity index is 1.20. The Bertz CT molecular complexity index is 1200. The zero-order valence-corrected chi connectivity index (χ0v) is 21.6. The van der Waals surface area contributed by atoms with Gasteiger partial charge in [-0.05, 0) is 62.1 Å². The first-order valence-corrected chi connectivity index (χ1v) is 13.7. The lowest BCUT2D eigenvalue weighted by Crippen LogP contribution is -2.71. The van der Waals surface area contributed by atoms with Crippen LogP contribution in [0.4, 0.5) is 0 Å². The number of aryl methyl sites for hydroxylation is 1. The molecule has 3 fully saturated rings. The van der Waals surface area contributed by atoms with Gasteiger partial charge in [0, 0.05) is 55.5 Å². The minimum atomic E-state index is -0.314. The van der Waals surface area contributed by atoms with E-state index in [0.29, 0.717) is 42.9 Å². The normalized spacial score (nSPS) is 35.6. The van der Waals surface area contributed by atoms with Gasteiger partial charge in [-0.25, -0.2) is 0 Å². The molecule has 1 aromatic carbocycles. The molecule has 3 N–H and O–H groups in total. The van der Waals surface area contributed by atoms with Gasteiger partial charge in [0.05, 0.1) is 0 Å². The number of nitrogens with one attached hydrogen (secondary N) is 2. The molecule has 5 aliphatic rings. The number of tetrazole rings is 1. The monoisotopic (exact) mass is 508 g/mol. The van der Waals surface area contributed by atoms with Crippen LogP contribution in [-0.2, 0) is 27.8 Å². The zero-order valence-electron chi connectivity index (χ0n) is 21.6. The number of carbonyl (C=O) groups excluding carboxylic acids is 1. The summed E-state index contributed by atoms with van der Waals surface area (Å²) >= 11 is 0. The first-order valence-electron chi connectivity index (χ1n) is 13.7. The Morgan fingerprint density at radius 1 is 1.38 bits per heavy atom. The summed E-state index contributed by atoms with van der Waals surface area (Å²) in [4.78, 5) is 15.5. The topological polar surface area (TPSA) is 125 Å². The van der Waals surface area contributed by atoms with E-state index in [9.17, 15) is 9.90 Å². The summed E-state index contributed by atoms with van der Waals surface area (Å²) in [5.74, 6) is 2.61. The number of amides is 1. The van der Waals surface area contributed by atoms with Crippen molar-refractivity contribution >= 4 is 5.91 Å². The molecule has 3 aliphatic carbocycles. The zero-order chi connectivity index (χ0) is 25.4. The number of likely N-dealkylation sites (tertiary alicyclic amines) is 1. The number of aromatic hydroxyl groups is 1. The molecule has 1 amide bonds. The van der Waals surface area contributed by atoms with E-state index in [4.69, 9.17) is 9.47 Å². The smallest absolute Gasteiger partial charge is 0.220 e. The van der Waals surface area contributed by atoms with E-state index in [2.05, 4.69) is 43.8 Å². The number of H-pyrrole nitrogens is 1. The number of ether oxygens (including phenoxy) is 2. The van der Waals surface area contributed by atoms with Crippen LogP contribution in [0.15, 0.2) is 12.1 Å². The third-order valence-electron chi connectivity index (χ3n) is 10.0. The number of hydrogen-bond donors (Lipinski definition) is 3. The number of phenols is 1. The summed E-state index contributed by atoms with van der Waals surface area (Å²) in [6.07, 6.45) is 5.99. The van der Waals surface area contributed by atoms with Gasteiger partial charge < -0.3 is 19.9 Å². The van der Waals surface area contributed by atoms with Crippen molar-refractivity contribution in [3.63, 3.8) is 0 Å². The van der Waals surface area contributed by atoms with Gasteiger partial charge >= 0.3 is 0 Å². The number of piperidine rings is 1. The summed E-state index contributed by atoms with van der Waals surface area (Å²) in [7, 11) is 1.76. The Labute approximate surface area is 216 Å². The lowest BCUT2D eigenvalue weighted by molar-refractivity contribution is -0.172. The van der Waals surface area contributed by atoms with E-state index in [1.807, 2.05) is 0 Å². The molecule has 6 atom stereocenters. The maximum absolute atomic E-state index is 12.8. The van der Waals surface area contributed by atoms with E-state index in [1.165, 1.54) is 30.5 Å². The second-order valence-corrected chi connectivity index (χ2v) is 12.2. The summed E-state index contributed by atoms with van der Waals surface area (Å²) in [6, 6.07) is 4.36. The molecular formula is C27H36N6O4. The van der Waals surface area contributed by atoms with Gasteiger partial charge in [-0.15, -0.1) is 10.2 Å². The van der Waals surface area contributed by atoms with Crippen molar-refractivity contribution in [2.45, 2.75) is 75.5 Å². The highest BCUT2D eigenvalue weighted by Crippen LogP contribution is 2.66. The summed E-state index contributed by atoms with van der Waals surface area (Å²) in [5, 5.41) is 27.9. The molecule has 2 aliphatic heterocycles. The van der Waals surface area contributed by atoms with Gasteiger partial charge in [0.25, 0.3) is 0 Å². The van der Waals surface area contributed by atoms with Crippen LogP contribution < -0.4 is 10.1 Å². The van der Waals surface area contributed by atoms with Gasteiger partial charge in [0.15, 0.2) is 17.3 Å². The first-order chi connectivity index (χ1) is 17.9. The van der Waals surface area contributed by atoms with Crippen LogP contribution in [0.2, 0.25) is 0 Å². The molecule has 2 unspecified atom stereocenters. The molecule has 3 heterocycles. The van der Waals surface area contributed by atoms with Crippen LogP contribution in [0.3, 0.4) is 0 Å². The lowest BCUT2D eigenvalue weighted by atomic mass is 9.47. The minimum absolute atomic E-state index is 0.0316. The van der Waals surface area contributed by atoms with Gasteiger partial charge in [-0.3, -0.25) is 9.69 Å². The Kier molecular flexibility index (Phi) is 5.31. The lowest BCUT2D eigenvalue weighted by Gasteiger charge is -2.63. The average molecular weight is 509 g/mol. The van der Waals surface area contributed by atoms with Crippen molar-refractivity contribution in [1.29, 1.82) is 0 Å². The molecule has 10 nitrogen and oxygen atoms in total. The van der Waals surface area contributed by atoms with Crippen LogP contribution in [0, 0.1) is 17.3 Å². The highest BCUT2D eigenvalue weighted by molar-refractivity contribution is 5.76. The van der Waals surface area contributed by atoms with E-state index in [1.54, 1.807) is 13.2 Å². The quantitative estimate of drug-likeness (QED) is 0.492. The van der Waals surface area contributed by atoms with Crippen molar-refractivity contribution in [2.75, 3.05) is 26.7 Å². The van der Waals surface area contributed by atoms with Crippen molar-refractivity contribution < 1.29 is 19.4 Å². The number of hydrogen-bond acceptors (Lipinski definition) is 8. The molecule has 37 heavy (non-hydrogen) atoms. The first kappa shape index (κ1) is 23.4. The maximum Gasteiger partial charge on any atom is 0.220 e. The molecule has 10 heteroatoms. The number of methoxy groups -OCH3 is 1. The third kappa shape index (κ3) is 3.51. The fourth-order valence-electron chi connectivity index (χ4n) is 8.20. The molecule has 1 spiro atoms. The largest absolute Gasteiger partial charge is 0.504 e. The van der Waals surface area contributed by atoms with E-state index < -0.39 is 0 Å². The van der Waals surface area contributed by atoms with Crippen LogP contribution in [0.1, 0.15) is 56.0 Å². The highest BCUT2D eigenvalue weighted by Gasteiger charge is 2.70. The Morgan fingerprint density at radius 2 is 2.24 bits per heavy atom. The Morgan fingerprint density at radius 3 is 3.00 bits per heavy atom. The fourth-order valence-corrected chi connectivity index (χ4v) is 8.20. The van der Waals surface area contributed by atoms with Crippen LogP contribution in [-0.4, -0.2) is 81.5 Å². The number of phenolic OH excluding ortho intramolecular Hbond substituents is 1. The molecular weight excluding hydrogens is 472 g/mol. The second-order valence-electron chi connectivity index (χ2n) is 12.2. The van der Waals surface area contributed by atoms with Crippen LogP contribution >= 0.6 is 0 Å². The van der Waals surface area contributed by atoms with E-state index >= 15 is 0 Å². The van der Waals surface area contributed by atoms with Crippen molar-refractivity contribution in [3.05, 3.63) is 29.1 Å². The second kappa shape index (κ2) is 8.39. The van der Waals surface area contributed by atoms with E-state index in [0.717, 1.165) is 31.7 Å². The summed E-state index contributed by atoms with van der Waals surface area (Å²) in [5.41, 5.74) is 2.09. The summed E-state index contributed by atoms with van der Waals surface area (Å²) < 4.78 is 12.9. The minimum Gasteiger partial charge on any atom is -0.504 e. The van der Waals surface area contributed by atoms with Crippen LogP contribution in [0.5, 0.6) is 11.5 Å². The molecule has 198 valence electrons. The predicted molar refractivity (Wildman–Crippen MR) is 133 cm³/mol. The predicted octanol–water partition coefficient (Wildman–Crippen LogP) is 1.73. The summed E-state index contributed by atoms with van der Waals surface area (Å²) in [6.45, 7) is 4.98. The number of nitrogens with zero attached hydrogens (tertiary/aromatic N) is 4. The molecule has 7 rings (SSSR count). The van der Waals surface area contributed by atoms with E-state index in [-0.39, 0.29) is 34.7 Å². The SMILES string of the molecule is COC1[C@@H]2Oc3c(O)ccc4c3[C@@]23CCN(CC2CC2)[C@H](C4)C3C[C@@]1(C)CNC(=O)CCc1nn[nH]n1. The number of carbonyl (C=O) groups is 1. The third-order valence-corrected chi connectivity index (χ3v) is 10.0. The van der Waals surface area contributed by atoms with Gasteiger partial charge in [-0.2, -0.15) is 5.21 Å². The Hall–Kier alpha value is -2.72. The van der Waals surface area contributed by atoms with Crippen molar-refractivity contribution in [2.24, 2.45) is 17.3 Å². The molecule has 1 saturated heterocycles. The molecule has 0 radical (unpaired) electrons. The molecule has 2 aromatic rings.